The molecule has 1 nitrogen and oxygen atoms in total. The van der Waals surface area contributed by atoms with Crippen LogP contribution in [0.5, 0.6) is 0 Å². The summed E-state index contributed by atoms with van der Waals surface area (Å²) in [7, 11) is 0. The Balaban J connectivity index is 2.09. The number of rotatable bonds is 4. The highest BCUT2D eigenvalue weighted by Crippen LogP contribution is 2.30. The summed E-state index contributed by atoms with van der Waals surface area (Å²) in [5, 5.41) is 0. The molecule has 0 aromatic heterocycles. The monoisotopic (exact) mass is 254 g/mol. The molecule has 2 heteroatoms. The van der Waals surface area contributed by atoms with E-state index in [1.807, 2.05) is 0 Å². The normalized spacial score (nSPS) is 19.5. The minimum absolute atomic E-state index is 0.100. The summed E-state index contributed by atoms with van der Waals surface area (Å²) < 4.78 is 6.78. The van der Waals surface area contributed by atoms with Crippen molar-refractivity contribution in [2.75, 3.05) is 11.0 Å². The molecule has 0 aromatic carbocycles. The molecule has 1 aliphatic carbocycles. The lowest BCUT2D eigenvalue weighted by Crippen LogP contribution is -2.27. The average molecular weight is 254 g/mol. The van der Waals surface area contributed by atoms with Gasteiger partial charge in [-0.2, -0.15) is 0 Å². The van der Waals surface area contributed by atoms with E-state index >= 15 is 0 Å². The first kappa shape index (κ1) is 8.78. The van der Waals surface area contributed by atoms with Crippen molar-refractivity contribution in [3.05, 3.63) is 0 Å². The van der Waals surface area contributed by atoms with Gasteiger partial charge in [-0.15, -0.1) is 0 Å². The first-order valence-corrected chi connectivity index (χ1v) is 5.36. The van der Waals surface area contributed by atoms with E-state index in [0.717, 1.165) is 17.0 Å². The molecule has 1 rings (SSSR count). The number of ether oxygens (including phenoxy) is 1. The van der Waals surface area contributed by atoms with E-state index in [1.165, 1.54) is 12.8 Å². The van der Waals surface area contributed by atoms with Gasteiger partial charge in [-0.05, 0) is 32.6 Å². The summed E-state index contributed by atoms with van der Waals surface area (Å²) in [5.41, 5.74) is 0.100. The van der Waals surface area contributed by atoms with Gasteiger partial charge < -0.3 is 4.74 Å². The Hall–Kier alpha value is 0.690. The van der Waals surface area contributed by atoms with Crippen molar-refractivity contribution in [3.8, 4) is 0 Å². The van der Waals surface area contributed by atoms with E-state index in [-0.39, 0.29) is 5.60 Å². The number of alkyl halides is 1. The van der Waals surface area contributed by atoms with E-state index in [1.54, 1.807) is 0 Å². The van der Waals surface area contributed by atoms with Crippen molar-refractivity contribution in [2.45, 2.75) is 32.3 Å². The first-order valence-electron chi connectivity index (χ1n) is 3.84. The maximum atomic E-state index is 5.70. The van der Waals surface area contributed by atoms with Crippen LogP contribution in [0, 0.1) is 5.92 Å². The predicted octanol–water partition coefficient (Wildman–Crippen LogP) is 2.63. The van der Waals surface area contributed by atoms with Gasteiger partial charge in [-0.25, -0.2) is 0 Å². The second-order valence-corrected chi connectivity index (χ2v) is 4.41. The first-order chi connectivity index (χ1) is 4.64. The second-order valence-electron chi connectivity index (χ2n) is 3.65. The maximum Gasteiger partial charge on any atom is 0.0715 e. The summed E-state index contributed by atoms with van der Waals surface area (Å²) in [6.07, 6.45) is 2.77. The zero-order valence-corrected chi connectivity index (χ0v) is 8.85. The van der Waals surface area contributed by atoms with Crippen LogP contribution in [-0.4, -0.2) is 16.6 Å². The van der Waals surface area contributed by atoms with E-state index < -0.39 is 0 Å². The highest BCUT2D eigenvalue weighted by Gasteiger charge is 2.25. The SMILES string of the molecule is CC(C)(CI)OCC1CC1. The summed E-state index contributed by atoms with van der Waals surface area (Å²) in [4.78, 5) is 0. The van der Waals surface area contributed by atoms with Crippen LogP contribution < -0.4 is 0 Å². The van der Waals surface area contributed by atoms with Gasteiger partial charge >= 0.3 is 0 Å². The molecule has 1 aliphatic rings. The van der Waals surface area contributed by atoms with Gasteiger partial charge in [0, 0.05) is 4.43 Å². The van der Waals surface area contributed by atoms with Crippen LogP contribution in [0.4, 0.5) is 0 Å². The van der Waals surface area contributed by atoms with Crippen LogP contribution in [0.2, 0.25) is 0 Å². The Morgan fingerprint density at radius 2 is 2.10 bits per heavy atom. The smallest absolute Gasteiger partial charge is 0.0715 e. The Morgan fingerprint density at radius 1 is 1.50 bits per heavy atom. The van der Waals surface area contributed by atoms with Crippen molar-refractivity contribution in [3.63, 3.8) is 0 Å². The Labute approximate surface area is 76.7 Å². The van der Waals surface area contributed by atoms with Gasteiger partial charge in [0.15, 0.2) is 0 Å². The molecular weight excluding hydrogens is 239 g/mol. The molecule has 0 bridgehead atoms. The zero-order valence-electron chi connectivity index (χ0n) is 6.69. The molecule has 0 N–H and O–H groups in total. The third-order valence-corrected chi connectivity index (χ3v) is 3.57. The number of hydrogen-bond acceptors (Lipinski definition) is 1. The van der Waals surface area contributed by atoms with Crippen LogP contribution in [0.15, 0.2) is 0 Å². The van der Waals surface area contributed by atoms with Crippen molar-refractivity contribution in [1.29, 1.82) is 0 Å². The van der Waals surface area contributed by atoms with Crippen LogP contribution >= 0.6 is 22.6 Å². The molecule has 0 unspecified atom stereocenters. The lowest BCUT2D eigenvalue weighted by molar-refractivity contribution is -0.00298. The number of halogens is 1. The molecule has 0 heterocycles. The molecule has 60 valence electrons. The molecule has 0 amide bonds. The zero-order chi connectivity index (χ0) is 7.61. The standard InChI is InChI=1S/C8H15IO/c1-8(2,6-9)10-5-7-3-4-7/h7H,3-6H2,1-2H3. The quantitative estimate of drug-likeness (QED) is 0.553. The van der Waals surface area contributed by atoms with Crippen LogP contribution in [-0.2, 0) is 4.74 Å². The lowest BCUT2D eigenvalue weighted by Gasteiger charge is -2.22. The maximum absolute atomic E-state index is 5.70. The summed E-state index contributed by atoms with van der Waals surface area (Å²) in [6.45, 7) is 5.29. The van der Waals surface area contributed by atoms with E-state index in [9.17, 15) is 0 Å². The largest absolute Gasteiger partial charge is 0.374 e. The molecule has 0 aliphatic heterocycles. The van der Waals surface area contributed by atoms with Crippen LogP contribution in [0.25, 0.3) is 0 Å². The summed E-state index contributed by atoms with van der Waals surface area (Å²) >= 11 is 2.37. The predicted molar refractivity (Wildman–Crippen MR) is 51.6 cm³/mol. The van der Waals surface area contributed by atoms with Gasteiger partial charge in [0.25, 0.3) is 0 Å². The molecule has 0 atom stereocenters. The fourth-order valence-corrected chi connectivity index (χ4v) is 0.887. The Kier molecular flexibility index (Phi) is 2.98. The lowest BCUT2D eigenvalue weighted by atomic mass is 10.2. The van der Waals surface area contributed by atoms with Crippen molar-refractivity contribution >= 4 is 22.6 Å². The van der Waals surface area contributed by atoms with Gasteiger partial charge in [0.05, 0.1) is 12.2 Å². The molecular formula is C8H15IO. The van der Waals surface area contributed by atoms with Gasteiger partial charge in [0.2, 0.25) is 0 Å². The van der Waals surface area contributed by atoms with Gasteiger partial charge in [0.1, 0.15) is 0 Å². The van der Waals surface area contributed by atoms with E-state index in [2.05, 4.69) is 36.4 Å². The average Bonchev–Trinajstić information content (AvgIpc) is 2.66. The van der Waals surface area contributed by atoms with Crippen LogP contribution in [0.1, 0.15) is 26.7 Å². The summed E-state index contributed by atoms with van der Waals surface area (Å²) in [6, 6.07) is 0. The van der Waals surface area contributed by atoms with Gasteiger partial charge in [-0.3, -0.25) is 0 Å². The highest BCUT2D eigenvalue weighted by molar-refractivity contribution is 14.1. The minimum Gasteiger partial charge on any atom is -0.374 e. The molecule has 1 fully saturated rings. The molecule has 0 saturated heterocycles. The third kappa shape index (κ3) is 3.19. The second kappa shape index (κ2) is 3.39. The van der Waals surface area contributed by atoms with Crippen molar-refractivity contribution in [2.24, 2.45) is 5.92 Å². The molecule has 0 aromatic rings. The van der Waals surface area contributed by atoms with Crippen molar-refractivity contribution in [1.82, 2.24) is 0 Å². The fraction of sp³-hybridized carbons (Fsp3) is 1.00. The summed E-state index contributed by atoms with van der Waals surface area (Å²) in [5.74, 6) is 0.891. The Bertz CT molecular complexity index is 108. The molecule has 1 saturated carbocycles. The van der Waals surface area contributed by atoms with E-state index in [4.69, 9.17) is 4.74 Å². The van der Waals surface area contributed by atoms with E-state index in [0.29, 0.717) is 0 Å². The van der Waals surface area contributed by atoms with Crippen molar-refractivity contribution < 1.29 is 4.74 Å². The topological polar surface area (TPSA) is 9.23 Å². The molecule has 0 spiro atoms. The number of hydrogen-bond donors (Lipinski definition) is 0. The van der Waals surface area contributed by atoms with Gasteiger partial charge in [-0.1, -0.05) is 22.6 Å². The fourth-order valence-electron chi connectivity index (χ4n) is 0.667. The highest BCUT2D eigenvalue weighted by atomic mass is 127. The molecule has 0 radical (unpaired) electrons. The van der Waals surface area contributed by atoms with Crippen LogP contribution in [0.3, 0.4) is 0 Å². The molecule has 10 heavy (non-hydrogen) atoms. The minimum atomic E-state index is 0.100. The Morgan fingerprint density at radius 3 is 2.50 bits per heavy atom. The third-order valence-electron chi connectivity index (χ3n) is 1.73.